The van der Waals surface area contributed by atoms with Gasteiger partial charge < -0.3 is 15.0 Å². The molecule has 1 heterocycles. The molecular formula is C16H32N2O. The zero-order chi connectivity index (χ0) is 13.7. The molecule has 3 heteroatoms. The predicted octanol–water partition coefficient (Wildman–Crippen LogP) is 2.51. The van der Waals surface area contributed by atoms with Crippen molar-refractivity contribution in [2.75, 3.05) is 39.4 Å². The van der Waals surface area contributed by atoms with Gasteiger partial charge in [0.25, 0.3) is 0 Å². The Balaban J connectivity index is 1.90. The highest BCUT2D eigenvalue weighted by Crippen LogP contribution is 2.33. The topological polar surface area (TPSA) is 24.5 Å². The van der Waals surface area contributed by atoms with Crippen molar-refractivity contribution in [3.05, 3.63) is 0 Å². The maximum Gasteiger partial charge on any atom is 0.0546 e. The monoisotopic (exact) mass is 268 g/mol. The number of hydrogen-bond acceptors (Lipinski definition) is 3. The Hall–Kier alpha value is -0.120. The van der Waals surface area contributed by atoms with Crippen molar-refractivity contribution in [3.8, 4) is 0 Å². The van der Waals surface area contributed by atoms with Gasteiger partial charge in [-0.25, -0.2) is 0 Å². The third-order valence-electron chi connectivity index (χ3n) is 4.51. The summed E-state index contributed by atoms with van der Waals surface area (Å²) in [6.45, 7) is 13.5. The van der Waals surface area contributed by atoms with E-state index in [9.17, 15) is 0 Å². The van der Waals surface area contributed by atoms with Crippen LogP contribution in [0.3, 0.4) is 0 Å². The second-order valence-corrected chi connectivity index (χ2v) is 6.96. The first kappa shape index (κ1) is 15.3. The zero-order valence-corrected chi connectivity index (χ0v) is 13.1. The minimum atomic E-state index is 0.341. The molecule has 1 unspecified atom stereocenters. The lowest BCUT2D eigenvalue weighted by Gasteiger charge is -2.41. The van der Waals surface area contributed by atoms with Crippen molar-refractivity contribution < 1.29 is 4.74 Å². The molecule has 1 atom stereocenters. The molecule has 2 aliphatic rings. The van der Waals surface area contributed by atoms with Crippen LogP contribution in [0.15, 0.2) is 0 Å². The zero-order valence-electron chi connectivity index (χ0n) is 13.1. The van der Waals surface area contributed by atoms with E-state index in [1.54, 1.807) is 0 Å². The van der Waals surface area contributed by atoms with Gasteiger partial charge >= 0.3 is 0 Å². The molecular weight excluding hydrogens is 236 g/mol. The lowest BCUT2D eigenvalue weighted by atomic mass is 9.81. The molecule has 0 aromatic heterocycles. The van der Waals surface area contributed by atoms with E-state index in [0.29, 0.717) is 11.5 Å². The average molecular weight is 268 g/mol. The molecule has 0 bridgehead atoms. The quantitative estimate of drug-likeness (QED) is 0.732. The Kier molecular flexibility index (Phi) is 5.67. The van der Waals surface area contributed by atoms with Gasteiger partial charge in [-0.15, -0.1) is 0 Å². The fourth-order valence-corrected chi connectivity index (χ4v) is 3.10. The molecule has 1 aliphatic heterocycles. The first-order valence-electron chi connectivity index (χ1n) is 8.17. The fourth-order valence-electron chi connectivity index (χ4n) is 3.10. The molecule has 19 heavy (non-hydrogen) atoms. The normalized spacial score (nSPS) is 28.3. The van der Waals surface area contributed by atoms with Gasteiger partial charge in [-0.3, -0.25) is 0 Å². The molecule has 112 valence electrons. The van der Waals surface area contributed by atoms with Crippen LogP contribution >= 0.6 is 0 Å². The molecule has 2 fully saturated rings. The van der Waals surface area contributed by atoms with E-state index in [4.69, 9.17) is 4.74 Å². The molecule has 0 aromatic carbocycles. The van der Waals surface area contributed by atoms with Gasteiger partial charge in [0.2, 0.25) is 0 Å². The van der Waals surface area contributed by atoms with Crippen LogP contribution < -0.4 is 5.32 Å². The van der Waals surface area contributed by atoms with Gasteiger partial charge in [0, 0.05) is 37.7 Å². The van der Waals surface area contributed by atoms with Crippen LogP contribution in [-0.2, 0) is 4.74 Å². The maximum atomic E-state index is 5.82. The summed E-state index contributed by atoms with van der Waals surface area (Å²) in [4.78, 5) is 2.66. The van der Waals surface area contributed by atoms with Gasteiger partial charge in [0.15, 0.2) is 0 Å². The summed E-state index contributed by atoms with van der Waals surface area (Å²) in [6, 6.07) is 0.567. The lowest BCUT2D eigenvalue weighted by molar-refractivity contribution is -0.0269. The lowest BCUT2D eigenvalue weighted by Crippen LogP contribution is -2.50. The molecule has 1 saturated heterocycles. The van der Waals surface area contributed by atoms with E-state index in [1.165, 1.54) is 45.3 Å². The van der Waals surface area contributed by atoms with Gasteiger partial charge in [-0.05, 0) is 38.1 Å². The van der Waals surface area contributed by atoms with Crippen molar-refractivity contribution in [3.63, 3.8) is 0 Å². The summed E-state index contributed by atoms with van der Waals surface area (Å²) in [5.41, 5.74) is 0.341. The summed E-state index contributed by atoms with van der Waals surface area (Å²) in [5.74, 6) is 0.986. The average Bonchev–Trinajstić information content (AvgIpc) is 3.21. The minimum absolute atomic E-state index is 0.341. The minimum Gasteiger partial charge on any atom is -0.381 e. The Morgan fingerprint density at radius 2 is 2.16 bits per heavy atom. The van der Waals surface area contributed by atoms with E-state index in [-0.39, 0.29) is 0 Å². The van der Waals surface area contributed by atoms with Crippen LogP contribution in [0.5, 0.6) is 0 Å². The highest BCUT2D eigenvalue weighted by molar-refractivity contribution is 4.89. The SMILES string of the molecule is CCN(CC1CC1)CC1(CNC(C)C)CCCOC1. The summed E-state index contributed by atoms with van der Waals surface area (Å²) < 4.78 is 5.82. The molecule has 1 aliphatic carbocycles. The van der Waals surface area contributed by atoms with Gasteiger partial charge in [0.1, 0.15) is 0 Å². The predicted molar refractivity (Wildman–Crippen MR) is 80.5 cm³/mol. The van der Waals surface area contributed by atoms with E-state index >= 15 is 0 Å². The smallest absolute Gasteiger partial charge is 0.0546 e. The van der Waals surface area contributed by atoms with Crippen molar-refractivity contribution in [2.24, 2.45) is 11.3 Å². The van der Waals surface area contributed by atoms with E-state index in [1.807, 2.05) is 0 Å². The van der Waals surface area contributed by atoms with Crippen LogP contribution in [-0.4, -0.2) is 50.3 Å². The first-order chi connectivity index (χ1) is 9.13. The Bertz CT molecular complexity index is 257. The van der Waals surface area contributed by atoms with E-state index < -0.39 is 0 Å². The van der Waals surface area contributed by atoms with E-state index in [2.05, 4.69) is 31.0 Å². The summed E-state index contributed by atoms with van der Waals surface area (Å²) in [5, 5.41) is 3.65. The third-order valence-corrected chi connectivity index (χ3v) is 4.51. The number of hydrogen-bond donors (Lipinski definition) is 1. The van der Waals surface area contributed by atoms with Gasteiger partial charge in [-0.1, -0.05) is 20.8 Å². The van der Waals surface area contributed by atoms with Crippen LogP contribution in [0.25, 0.3) is 0 Å². The standard InChI is InChI=1S/C16H32N2O/c1-4-18(10-15-6-7-15)12-16(11-17-14(2)3)8-5-9-19-13-16/h14-15,17H,4-13H2,1-3H3. The van der Waals surface area contributed by atoms with Gasteiger partial charge in [0.05, 0.1) is 6.61 Å². The molecule has 0 radical (unpaired) electrons. The number of nitrogens with zero attached hydrogens (tertiary/aromatic N) is 1. The van der Waals surface area contributed by atoms with Crippen LogP contribution in [0, 0.1) is 11.3 Å². The molecule has 2 rings (SSSR count). The number of rotatable bonds is 8. The molecule has 1 saturated carbocycles. The fraction of sp³-hybridized carbons (Fsp3) is 1.00. The van der Waals surface area contributed by atoms with Crippen LogP contribution in [0.2, 0.25) is 0 Å². The molecule has 0 spiro atoms. The van der Waals surface area contributed by atoms with Crippen LogP contribution in [0.4, 0.5) is 0 Å². The highest BCUT2D eigenvalue weighted by Gasteiger charge is 2.35. The Morgan fingerprint density at radius 1 is 1.37 bits per heavy atom. The summed E-state index contributed by atoms with van der Waals surface area (Å²) >= 11 is 0. The molecule has 0 amide bonds. The molecule has 1 N–H and O–H groups in total. The molecule has 0 aromatic rings. The Labute approximate surface area is 119 Å². The first-order valence-corrected chi connectivity index (χ1v) is 8.17. The second kappa shape index (κ2) is 7.05. The number of nitrogens with one attached hydrogen (secondary N) is 1. The third kappa shape index (κ3) is 5.05. The summed E-state index contributed by atoms with van der Waals surface area (Å²) in [7, 11) is 0. The maximum absolute atomic E-state index is 5.82. The van der Waals surface area contributed by atoms with E-state index in [0.717, 1.165) is 25.7 Å². The summed E-state index contributed by atoms with van der Waals surface area (Å²) in [6.07, 6.45) is 5.43. The highest BCUT2D eigenvalue weighted by atomic mass is 16.5. The van der Waals surface area contributed by atoms with Crippen LogP contribution in [0.1, 0.15) is 46.5 Å². The van der Waals surface area contributed by atoms with Crippen molar-refractivity contribution in [1.82, 2.24) is 10.2 Å². The molecule has 3 nitrogen and oxygen atoms in total. The second-order valence-electron chi connectivity index (χ2n) is 6.96. The van der Waals surface area contributed by atoms with Crippen molar-refractivity contribution >= 4 is 0 Å². The number of ether oxygens (including phenoxy) is 1. The Morgan fingerprint density at radius 3 is 2.68 bits per heavy atom. The largest absolute Gasteiger partial charge is 0.381 e. The van der Waals surface area contributed by atoms with Crippen molar-refractivity contribution in [2.45, 2.75) is 52.5 Å². The van der Waals surface area contributed by atoms with Crippen molar-refractivity contribution in [1.29, 1.82) is 0 Å². The van der Waals surface area contributed by atoms with Gasteiger partial charge in [-0.2, -0.15) is 0 Å².